The Balaban J connectivity index is 1.63. The molecule has 0 aromatic heterocycles. The third-order valence-electron chi connectivity index (χ3n) is 3.75. The number of benzene rings is 2. The monoisotopic (exact) mass is 318 g/mol. The molecule has 2 aromatic rings. The van der Waals surface area contributed by atoms with Gasteiger partial charge in [-0.25, -0.2) is 0 Å². The number of anilines is 2. The van der Waals surface area contributed by atoms with Gasteiger partial charge in [-0.15, -0.1) is 0 Å². The number of ether oxygens (including phenoxy) is 2. The van der Waals surface area contributed by atoms with Crippen LogP contribution in [0, 0.1) is 0 Å². The fraction of sp³-hybridized carbons (Fsp3) is 0.200. The van der Waals surface area contributed by atoms with E-state index in [4.69, 9.17) is 9.47 Å². The summed E-state index contributed by atoms with van der Waals surface area (Å²) in [5, 5.41) is 0. The van der Waals surface area contributed by atoms with Crippen molar-refractivity contribution in [3.05, 3.63) is 48.0 Å². The van der Waals surface area contributed by atoms with Crippen LogP contribution in [0.1, 0.15) is 5.56 Å². The average molecular weight is 318 g/mol. The predicted molar refractivity (Wildman–Crippen MR) is 82.6 cm³/mol. The summed E-state index contributed by atoms with van der Waals surface area (Å²) in [5.41, 5.74) is 2.22. The number of hydrogen-bond donors (Lipinski definition) is 1. The van der Waals surface area contributed by atoms with Crippen molar-refractivity contribution in [1.29, 1.82) is 0 Å². The zero-order chi connectivity index (χ0) is 15.2. The second-order valence-electron chi connectivity index (χ2n) is 5.13. The van der Waals surface area contributed by atoms with Crippen LogP contribution in [0.4, 0.5) is 11.4 Å². The molecule has 0 spiro atoms. The van der Waals surface area contributed by atoms with Gasteiger partial charge in [0.1, 0.15) is 0 Å². The normalized spacial score (nSPS) is 15.7. The second-order valence-corrected chi connectivity index (χ2v) is 6.72. The van der Waals surface area contributed by atoms with E-state index in [1.165, 1.54) is 4.31 Å². The van der Waals surface area contributed by atoms with E-state index in [2.05, 4.69) is 4.72 Å². The first-order chi connectivity index (χ1) is 10.6. The van der Waals surface area contributed by atoms with Crippen molar-refractivity contribution in [3.63, 3.8) is 0 Å². The number of para-hydroxylation sites is 1. The molecule has 4 rings (SSSR count). The highest BCUT2D eigenvalue weighted by Gasteiger charge is 2.29. The van der Waals surface area contributed by atoms with Gasteiger partial charge in [0.05, 0.1) is 11.4 Å². The van der Waals surface area contributed by atoms with Crippen molar-refractivity contribution in [3.8, 4) is 11.5 Å². The zero-order valence-corrected chi connectivity index (χ0v) is 12.5. The Morgan fingerprint density at radius 1 is 1.05 bits per heavy atom. The topological polar surface area (TPSA) is 67.9 Å². The quantitative estimate of drug-likeness (QED) is 0.941. The third kappa shape index (κ3) is 2.14. The number of fused-ring (bicyclic) bond motifs is 2. The van der Waals surface area contributed by atoms with E-state index in [1.807, 2.05) is 24.3 Å². The van der Waals surface area contributed by atoms with Crippen LogP contribution in [0.5, 0.6) is 11.5 Å². The standard InChI is InChI=1S/C15H14N2O4S/c18-22(19,17-8-7-11-3-1-2-4-13(11)17)16-12-5-6-14-15(9-12)21-10-20-14/h1-6,9,16H,7-8,10H2. The van der Waals surface area contributed by atoms with Crippen molar-refractivity contribution in [2.45, 2.75) is 6.42 Å². The van der Waals surface area contributed by atoms with Gasteiger partial charge in [0.25, 0.3) is 0 Å². The molecule has 6 nitrogen and oxygen atoms in total. The molecule has 0 fully saturated rings. The van der Waals surface area contributed by atoms with E-state index in [0.717, 1.165) is 17.7 Å². The summed E-state index contributed by atoms with van der Waals surface area (Å²) >= 11 is 0. The van der Waals surface area contributed by atoms with E-state index in [-0.39, 0.29) is 6.79 Å². The Hall–Kier alpha value is -2.41. The minimum atomic E-state index is -3.66. The van der Waals surface area contributed by atoms with Gasteiger partial charge >= 0.3 is 10.2 Å². The van der Waals surface area contributed by atoms with Gasteiger partial charge in [0.2, 0.25) is 6.79 Å². The first-order valence-electron chi connectivity index (χ1n) is 6.91. The largest absolute Gasteiger partial charge is 0.454 e. The molecule has 0 atom stereocenters. The maximum absolute atomic E-state index is 12.6. The number of nitrogens with zero attached hydrogens (tertiary/aromatic N) is 1. The number of rotatable bonds is 3. The third-order valence-corrected chi connectivity index (χ3v) is 5.21. The Labute approximate surface area is 128 Å². The smallest absolute Gasteiger partial charge is 0.323 e. The molecule has 0 amide bonds. The minimum absolute atomic E-state index is 0.158. The second kappa shape index (κ2) is 4.81. The molecule has 0 radical (unpaired) electrons. The highest BCUT2D eigenvalue weighted by atomic mass is 32.2. The van der Waals surface area contributed by atoms with E-state index < -0.39 is 10.2 Å². The Kier molecular flexibility index (Phi) is 2.90. The van der Waals surface area contributed by atoms with Gasteiger partial charge in [-0.3, -0.25) is 9.03 Å². The molecule has 2 aliphatic heterocycles. The first-order valence-corrected chi connectivity index (χ1v) is 8.35. The average Bonchev–Trinajstić information content (AvgIpc) is 3.13. The number of nitrogens with one attached hydrogen (secondary N) is 1. The van der Waals surface area contributed by atoms with Gasteiger partial charge in [-0.2, -0.15) is 8.42 Å². The lowest BCUT2D eigenvalue weighted by atomic mass is 10.2. The predicted octanol–water partition coefficient (Wildman–Crippen LogP) is 2.13. The van der Waals surface area contributed by atoms with Crippen LogP contribution >= 0.6 is 0 Å². The molecule has 2 aromatic carbocycles. The Bertz CT molecular complexity index is 835. The van der Waals surface area contributed by atoms with Crippen LogP contribution in [0.25, 0.3) is 0 Å². The molecular weight excluding hydrogens is 304 g/mol. The van der Waals surface area contributed by atoms with Crippen LogP contribution in [0.3, 0.4) is 0 Å². The van der Waals surface area contributed by atoms with Crippen LogP contribution < -0.4 is 18.5 Å². The van der Waals surface area contributed by atoms with Crippen molar-refractivity contribution in [1.82, 2.24) is 0 Å². The molecule has 0 saturated carbocycles. The van der Waals surface area contributed by atoms with Crippen molar-refractivity contribution in [2.75, 3.05) is 22.4 Å². The highest BCUT2D eigenvalue weighted by molar-refractivity contribution is 7.94. The maximum Gasteiger partial charge on any atom is 0.323 e. The van der Waals surface area contributed by atoms with Gasteiger partial charge in [0.15, 0.2) is 11.5 Å². The van der Waals surface area contributed by atoms with E-state index in [1.54, 1.807) is 18.2 Å². The fourth-order valence-corrected chi connectivity index (χ4v) is 4.03. The molecule has 114 valence electrons. The lowest BCUT2D eigenvalue weighted by Gasteiger charge is -2.20. The van der Waals surface area contributed by atoms with E-state index in [9.17, 15) is 8.42 Å². The van der Waals surface area contributed by atoms with Gasteiger partial charge in [-0.05, 0) is 30.2 Å². The van der Waals surface area contributed by atoms with Crippen LogP contribution in [0.2, 0.25) is 0 Å². The molecule has 2 aliphatic rings. The fourth-order valence-electron chi connectivity index (χ4n) is 2.72. The molecule has 7 heteroatoms. The van der Waals surface area contributed by atoms with Crippen LogP contribution in [-0.4, -0.2) is 21.8 Å². The van der Waals surface area contributed by atoms with E-state index >= 15 is 0 Å². The van der Waals surface area contributed by atoms with Gasteiger partial charge < -0.3 is 9.47 Å². The maximum atomic E-state index is 12.6. The Morgan fingerprint density at radius 2 is 1.86 bits per heavy atom. The van der Waals surface area contributed by atoms with Crippen molar-refractivity contribution >= 4 is 21.6 Å². The molecule has 0 saturated heterocycles. The SMILES string of the molecule is O=S(=O)(Nc1ccc2c(c1)OCO2)N1CCc2ccccc21. The summed E-state index contributed by atoms with van der Waals surface area (Å²) in [6.45, 7) is 0.601. The van der Waals surface area contributed by atoms with Crippen molar-refractivity contribution in [2.24, 2.45) is 0 Å². The summed E-state index contributed by atoms with van der Waals surface area (Å²) in [7, 11) is -3.66. The molecule has 22 heavy (non-hydrogen) atoms. The molecule has 0 unspecified atom stereocenters. The van der Waals surface area contributed by atoms with Crippen molar-refractivity contribution < 1.29 is 17.9 Å². The molecule has 0 bridgehead atoms. The first kappa shape index (κ1) is 13.3. The lowest BCUT2D eigenvalue weighted by Crippen LogP contribution is -2.34. The summed E-state index contributed by atoms with van der Waals surface area (Å²) in [6.07, 6.45) is 0.720. The lowest BCUT2D eigenvalue weighted by molar-refractivity contribution is 0.174. The molecule has 2 heterocycles. The minimum Gasteiger partial charge on any atom is -0.454 e. The highest BCUT2D eigenvalue weighted by Crippen LogP contribution is 2.35. The van der Waals surface area contributed by atoms with Crippen LogP contribution in [-0.2, 0) is 16.6 Å². The molecule has 0 aliphatic carbocycles. The van der Waals surface area contributed by atoms with Crippen LogP contribution in [0.15, 0.2) is 42.5 Å². The molecular formula is C15H14N2O4S. The van der Waals surface area contributed by atoms with E-state index in [0.29, 0.717) is 23.7 Å². The molecule has 1 N–H and O–H groups in total. The zero-order valence-electron chi connectivity index (χ0n) is 11.7. The Morgan fingerprint density at radius 3 is 2.77 bits per heavy atom. The van der Waals surface area contributed by atoms with Gasteiger partial charge in [-0.1, -0.05) is 18.2 Å². The number of hydrogen-bond acceptors (Lipinski definition) is 4. The summed E-state index contributed by atoms with van der Waals surface area (Å²) in [4.78, 5) is 0. The van der Waals surface area contributed by atoms with Gasteiger partial charge in [0, 0.05) is 12.6 Å². The summed E-state index contributed by atoms with van der Waals surface area (Å²) in [5.74, 6) is 1.16. The summed E-state index contributed by atoms with van der Waals surface area (Å²) < 4.78 is 39.7. The summed E-state index contributed by atoms with van der Waals surface area (Å²) in [6, 6.07) is 12.5.